The second-order valence-electron chi connectivity index (χ2n) is 8.84. The number of carbonyl (C=O) groups excluding carboxylic acids is 2. The number of nitrogens with one attached hydrogen (secondary N) is 1. The van der Waals surface area contributed by atoms with E-state index in [1.165, 1.54) is 12.4 Å². The molecule has 1 atom stereocenters. The lowest BCUT2D eigenvalue weighted by Gasteiger charge is -2.35. The summed E-state index contributed by atoms with van der Waals surface area (Å²) in [4.78, 5) is 37.8. The van der Waals surface area contributed by atoms with Crippen LogP contribution in [-0.4, -0.2) is 65.6 Å². The van der Waals surface area contributed by atoms with Crippen molar-refractivity contribution in [2.45, 2.75) is 31.4 Å². The number of anilines is 1. The Kier molecular flexibility index (Phi) is 6.35. The van der Waals surface area contributed by atoms with Gasteiger partial charge in [-0.05, 0) is 23.6 Å². The molecular weight excluding hydrogens is 479 g/mol. The zero-order chi connectivity index (χ0) is 24.6. The van der Waals surface area contributed by atoms with Crippen molar-refractivity contribution in [3.63, 3.8) is 0 Å². The molecule has 1 aromatic carbocycles. The molecule has 2 aromatic heterocycles. The van der Waals surface area contributed by atoms with Crippen molar-refractivity contribution in [3.05, 3.63) is 52.7 Å². The second kappa shape index (κ2) is 9.44. The first-order valence-electron chi connectivity index (χ1n) is 11.5. The number of alkyl halides is 3. The monoisotopic (exact) mass is 503 g/mol. The van der Waals surface area contributed by atoms with Crippen molar-refractivity contribution < 1.29 is 22.8 Å². The SMILES string of the molecule is O=C1NCCC1c1ccc(CC(=O)N2CCN(c3ncnc4sc(CC(F)(F)F)cc34)CC2)cc1. The Balaban J connectivity index is 1.20. The van der Waals surface area contributed by atoms with Crippen LogP contribution in [0, 0.1) is 0 Å². The van der Waals surface area contributed by atoms with Crippen LogP contribution in [0.25, 0.3) is 10.2 Å². The van der Waals surface area contributed by atoms with Crippen LogP contribution in [0.2, 0.25) is 0 Å². The molecule has 7 nitrogen and oxygen atoms in total. The molecule has 1 N–H and O–H groups in total. The molecule has 3 aromatic rings. The van der Waals surface area contributed by atoms with Crippen LogP contribution >= 0.6 is 11.3 Å². The standard InChI is InChI=1S/C24H24F3N5O2S/c25-24(26,27)13-17-12-19-21(29-14-30-23(19)35-17)32-9-7-31(8-10-32)20(33)11-15-1-3-16(4-2-15)18-5-6-28-22(18)34/h1-4,12,14,18H,5-11,13H2,(H,28,34). The summed E-state index contributed by atoms with van der Waals surface area (Å²) in [6.07, 6.45) is -2.81. The van der Waals surface area contributed by atoms with Gasteiger partial charge in [0.2, 0.25) is 11.8 Å². The van der Waals surface area contributed by atoms with Crippen LogP contribution < -0.4 is 10.2 Å². The molecule has 0 spiro atoms. The van der Waals surface area contributed by atoms with Crippen molar-refractivity contribution in [1.82, 2.24) is 20.2 Å². The van der Waals surface area contributed by atoms with E-state index >= 15 is 0 Å². The molecule has 2 aliphatic heterocycles. The van der Waals surface area contributed by atoms with Gasteiger partial charge in [-0.1, -0.05) is 24.3 Å². The highest BCUT2D eigenvalue weighted by atomic mass is 32.1. The molecule has 2 saturated heterocycles. The van der Waals surface area contributed by atoms with Crippen LogP contribution in [0.4, 0.5) is 19.0 Å². The highest BCUT2D eigenvalue weighted by molar-refractivity contribution is 7.18. The Morgan fingerprint density at radius 2 is 1.86 bits per heavy atom. The van der Waals surface area contributed by atoms with Gasteiger partial charge in [-0.3, -0.25) is 9.59 Å². The summed E-state index contributed by atoms with van der Waals surface area (Å²) in [6, 6.07) is 9.18. The number of piperazine rings is 1. The number of carbonyl (C=O) groups is 2. The van der Waals surface area contributed by atoms with Gasteiger partial charge in [-0.2, -0.15) is 13.2 Å². The van der Waals surface area contributed by atoms with E-state index in [2.05, 4.69) is 15.3 Å². The van der Waals surface area contributed by atoms with Crippen molar-refractivity contribution in [3.8, 4) is 0 Å². The van der Waals surface area contributed by atoms with Crippen LogP contribution in [0.3, 0.4) is 0 Å². The summed E-state index contributed by atoms with van der Waals surface area (Å²) in [5.74, 6) is 0.561. The van der Waals surface area contributed by atoms with Gasteiger partial charge in [0.05, 0.1) is 24.1 Å². The number of hydrogen-bond donors (Lipinski definition) is 1. The normalized spacial score (nSPS) is 18.8. The molecule has 35 heavy (non-hydrogen) atoms. The van der Waals surface area contributed by atoms with E-state index in [0.29, 0.717) is 48.8 Å². The van der Waals surface area contributed by atoms with Gasteiger partial charge in [0.25, 0.3) is 0 Å². The number of hydrogen-bond acceptors (Lipinski definition) is 6. The van der Waals surface area contributed by atoms with E-state index in [0.717, 1.165) is 28.9 Å². The topological polar surface area (TPSA) is 78.4 Å². The Morgan fingerprint density at radius 3 is 2.51 bits per heavy atom. The molecule has 4 heterocycles. The first-order valence-corrected chi connectivity index (χ1v) is 12.3. The third-order valence-corrected chi connectivity index (χ3v) is 7.50. The second-order valence-corrected chi connectivity index (χ2v) is 9.95. The maximum absolute atomic E-state index is 12.9. The van der Waals surface area contributed by atoms with E-state index < -0.39 is 12.6 Å². The van der Waals surface area contributed by atoms with Crippen molar-refractivity contribution >= 4 is 39.2 Å². The summed E-state index contributed by atoms with van der Waals surface area (Å²) in [5, 5.41) is 3.45. The summed E-state index contributed by atoms with van der Waals surface area (Å²) < 4.78 is 38.4. The maximum atomic E-state index is 12.9. The summed E-state index contributed by atoms with van der Waals surface area (Å²) in [5.41, 5.74) is 1.86. The zero-order valence-electron chi connectivity index (χ0n) is 18.8. The molecule has 0 saturated carbocycles. The third-order valence-electron chi connectivity index (χ3n) is 6.45. The fraction of sp³-hybridized carbons (Fsp3) is 0.417. The average Bonchev–Trinajstić information content (AvgIpc) is 3.43. The van der Waals surface area contributed by atoms with E-state index in [4.69, 9.17) is 0 Å². The van der Waals surface area contributed by atoms with E-state index in [1.807, 2.05) is 29.2 Å². The molecular formula is C24H24F3N5O2S. The number of thiophene rings is 1. The number of nitrogens with zero attached hydrogens (tertiary/aromatic N) is 4. The van der Waals surface area contributed by atoms with Gasteiger partial charge >= 0.3 is 6.18 Å². The minimum absolute atomic E-state index is 0.0202. The first-order chi connectivity index (χ1) is 16.8. The Morgan fingerprint density at radius 1 is 1.11 bits per heavy atom. The predicted molar refractivity (Wildman–Crippen MR) is 126 cm³/mol. The molecule has 11 heteroatoms. The lowest BCUT2D eigenvalue weighted by molar-refractivity contribution is -0.131. The minimum Gasteiger partial charge on any atom is -0.356 e. The van der Waals surface area contributed by atoms with Crippen molar-refractivity contribution in [2.24, 2.45) is 0 Å². The van der Waals surface area contributed by atoms with Gasteiger partial charge in [-0.25, -0.2) is 9.97 Å². The number of rotatable bonds is 5. The fourth-order valence-corrected chi connectivity index (χ4v) is 5.68. The van der Waals surface area contributed by atoms with Crippen LogP contribution in [0.5, 0.6) is 0 Å². The van der Waals surface area contributed by atoms with Gasteiger partial charge in [-0.15, -0.1) is 11.3 Å². The van der Waals surface area contributed by atoms with Gasteiger partial charge in [0.1, 0.15) is 17.0 Å². The predicted octanol–water partition coefficient (Wildman–Crippen LogP) is 3.29. The van der Waals surface area contributed by atoms with Crippen molar-refractivity contribution in [1.29, 1.82) is 0 Å². The largest absolute Gasteiger partial charge is 0.393 e. The maximum Gasteiger partial charge on any atom is 0.393 e. The summed E-state index contributed by atoms with van der Waals surface area (Å²) >= 11 is 1.03. The number of benzene rings is 1. The van der Waals surface area contributed by atoms with E-state index in [-0.39, 0.29) is 29.0 Å². The molecule has 5 rings (SSSR count). The zero-order valence-corrected chi connectivity index (χ0v) is 19.7. The minimum atomic E-state index is -4.27. The van der Waals surface area contributed by atoms with Gasteiger partial charge in [0.15, 0.2) is 0 Å². The number of fused-ring (bicyclic) bond motifs is 1. The van der Waals surface area contributed by atoms with E-state index in [9.17, 15) is 22.8 Å². The quantitative estimate of drug-likeness (QED) is 0.578. The molecule has 2 amide bonds. The lowest BCUT2D eigenvalue weighted by Crippen LogP contribution is -2.49. The summed E-state index contributed by atoms with van der Waals surface area (Å²) in [6.45, 7) is 2.78. The highest BCUT2D eigenvalue weighted by Crippen LogP contribution is 2.34. The van der Waals surface area contributed by atoms with E-state index in [1.54, 1.807) is 4.90 Å². The Bertz CT molecular complexity index is 1240. The van der Waals surface area contributed by atoms with Crippen LogP contribution in [0.1, 0.15) is 28.3 Å². The molecule has 0 bridgehead atoms. The molecule has 2 fully saturated rings. The highest BCUT2D eigenvalue weighted by Gasteiger charge is 2.30. The van der Waals surface area contributed by atoms with Crippen molar-refractivity contribution in [2.75, 3.05) is 37.6 Å². The molecule has 2 aliphatic rings. The average molecular weight is 504 g/mol. The fourth-order valence-electron chi connectivity index (χ4n) is 4.66. The molecule has 0 radical (unpaired) electrons. The number of halogens is 3. The van der Waals surface area contributed by atoms with Gasteiger partial charge < -0.3 is 15.1 Å². The van der Waals surface area contributed by atoms with Gasteiger partial charge in [0, 0.05) is 37.6 Å². The van der Waals surface area contributed by atoms with Crippen LogP contribution in [0.15, 0.2) is 36.7 Å². The molecule has 0 aliphatic carbocycles. The summed E-state index contributed by atoms with van der Waals surface area (Å²) in [7, 11) is 0. The Labute approximate surface area is 204 Å². The first kappa shape index (κ1) is 23.5. The lowest BCUT2D eigenvalue weighted by atomic mass is 9.96. The molecule has 184 valence electrons. The van der Waals surface area contributed by atoms with Crippen LogP contribution in [-0.2, 0) is 22.4 Å². The number of aromatic nitrogens is 2. The third kappa shape index (κ3) is 5.24. The Hall–Kier alpha value is -3.21. The number of amides is 2. The smallest absolute Gasteiger partial charge is 0.356 e. The molecule has 1 unspecified atom stereocenters.